The molecule has 3 aliphatic heterocycles. The summed E-state index contributed by atoms with van der Waals surface area (Å²) in [6.45, 7) is 8.79. The highest BCUT2D eigenvalue weighted by Crippen LogP contribution is 2.68. The average Bonchev–Trinajstić information content (AvgIpc) is 3.77. The SMILES string of the molecule is CC(=O)O[C@@H]1[C@@H]2O[C@H]2[C@@](C)(O)C(=O)[C@@H](C)C/C=C/[C@H]2[C@@H]3O[C@]3(C)[C@H](C)C3[C@H](Cc4ccccc4)NC(=O)[C@@]312. The van der Waals surface area contributed by atoms with Crippen molar-refractivity contribution in [2.75, 3.05) is 0 Å². The van der Waals surface area contributed by atoms with Crippen molar-refractivity contribution in [3.63, 3.8) is 0 Å². The first-order valence-corrected chi connectivity index (χ1v) is 13.7. The van der Waals surface area contributed by atoms with Gasteiger partial charge in [-0.05, 0) is 38.2 Å². The fourth-order valence-electron chi connectivity index (χ4n) is 8.06. The molecule has 2 N–H and O–H groups in total. The molecule has 38 heavy (non-hydrogen) atoms. The van der Waals surface area contributed by atoms with Crippen molar-refractivity contribution in [2.45, 2.75) is 89.1 Å². The third-order valence-corrected chi connectivity index (χ3v) is 10.1. The van der Waals surface area contributed by atoms with Crippen LogP contribution in [0.1, 0.15) is 46.6 Å². The zero-order valence-corrected chi connectivity index (χ0v) is 22.5. The molecule has 4 fully saturated rings. The minimum absolute atomic E-state index is 0.0359. The lowest BCUT2D eigenvalue weighted by Gasteiger charge is -2.49. The van der Waals surface area contributed by atoms with Crippen molar-refractivity contribution in [2.24, 2.45) is 29.1 Å². The van der Waals surface area contributed by atoms with Crippen LogP contribution in [-0.4, -0.2) is 64.4 Å². The van der Waals surface area contributed by atoms with Crippen molar-refractivity contribution in [3.8, 4) is 0 Å². The number of benzene rings is 1. The molecule has 1 amide bonds. The van der Waals surface area contributed by atoms with Gasteiger partial charge in [-0.2, -0.15) is 0 Å². The lowest BCUT2D eigenvalue weighted by Crippen LogP contribution is -2.62. The number of fused-ring (bicyclic) bond motifs is 3. The maximum absolute atomic E-state index is 14.4. The molecule has 3 heterocycles. The quantitative estimate of drug-likeness (QED) is 0.355. The van der Waals surface area contributed by atoms with Gasteiger partial charge in [0.15, 0.2) is 5.78 Å². The predicted octanol–water partition coefficient (Wildman–Crippen LogP) is 2.37. The molecule has 1 spiro atoms. The second kappa shape index (κ2) is 8.47. The van der Waals surface area contributed by atoms with Crippen molar-refractivity contribution in [1.29, 1.82) is 0 Å². The molecule has 1 aromatic carbocycles. The van der Waals surface area contributed by atoms with E-state index in [0.717, 1.165) is 5.56 Å². The molecule has 204 valence electrons. The highest BCUT2D eigenvalue weighted by atomic mass is 16.6. The van der Waals surface area contributed by atoms with E-state index in [2.05, 4.69) is 19.2 Å². The summed E-state index contributed by atoms with van der Waals surface area (Å²) in [6, 6.07) is 9.80. The monoisotopic (exact) mass is 523 g/mol. The Morgan fingerprint density at radius 1 is 1.16 bits per heavy atom. The third kappa shape index (κ3) is 3.49. The van der Waals surface area contributed by atoms with Gasteiger partial charge in [0.25, 0.3) is 0 Å². The van der Waals surface area contributed by atoms with Gasteiger partial charge in [-0.15, -0.1) is 0 Å². The van der Waals surface area contributed by atoms with E-state index < -0.39 is 52.7 Å². The Kier molecular flexibility index (Phi) is 5.73. The fraction of sp³-hybridized carbons (Fsp3) is 0.633. The zero-order valence-electron chi connectivity index (χ0n) is 22.5. The van der Waals surface area contributed by atoms with Crippen molar-refractivity contribution in [1.82, 2.24) is 5.32 Å². The maximum Gasteiger partial charge on any atom is 0.303 e. The number of carbonyl (C=O) groups is 3. The molecule has 0 aromatic heterocycles. The van der Waals surface area contributed by atoms with Crippen LogP contribution in [0.2, 0.25) is 0 Å². The Morgan fingerprint density at radius 2 is 1.87 bits per heavy atom. The number of rotatable bonds is 3. The molecule has 12 atom stereocenters. The number of allylic oxidation sites excluding steroid dienone is 1. The van der Waals surface area contributed by atoms with Gasteiger partial charge in [-0.3, -0.25) is 14.4 Å². The van der Waals surface area contributed by atoms with Gasteiger partial charge in [0.1, 0.15) is 29.3 Å². The van der Waals surface area contributed by atoms with Crippen LogP contribution in [0.4, 0.5) is 0 Å². The third-order valence-electron chi connectivity index (χ3n) is 10.1. The molecule has 0 radical (unpaired) electrons. The molecule has 6 rings (SSSR count). The van der Waals surface area contributed by atoms with Crippen LogP contribution < -0.4 is 5.32 Å². The second-order valence-electron chi connectivity index (χ2n) is 12.4. The Labute approximate surface area is 223 Å². The topological polar surface area (TPSA) is 118 Å². The number of esters is 1. The maximum atomic E-state index is 14.4. The van der Waals surface area contributed by atoms with E-state index in [0.29, 0.717) is 12.8 Å². The minimum atomic E-state index is -1.77. The number of carbonyl (C=O) groups excluding carboxylic acids is 3. The number of ether oxygens (including phenoxy) is 3. The van der Waals surface area contributed by atoms with Crippen LogP contribution in [0, 0.1) is 29.1 Å². The van der Waals surface area contributed by atoms with E-state index in [1.165, 1.54) is 13.8 Å². The number of aliphatic hydroxyl groups is 1. The van der Waals surface area contributed by atoms with Gasteiger partial charge >= 0.3 is 5.97 Å². The molecule has 1 saturated carbocycles. The van der Waals surface area contributed by atoms with E-state index in [-0.39, 0.29) is 35.7 Å². The molecule has 2 aliphatic carbocycles. The van der Waals surface area contributed by atoms with Crippen LogP contribution in [0.3, 0.4) is 0 Å². The number of Topliss-reactive ketones (excluding diaryl/α,β-unsaturated/α-hetero) is 1. The van der Waals surface area contributed by atoms with E-state index in [4.69, 9.17) is 14.2 Å². The summed E-state index contributed by atoms with van der Waals surface area (Å²) >= 11 is 0. The lowest BCUT2D eigenvalue weighted by molar-refractivity contribution is -0.171. The molecule has 0 bridgehead atoms. The highest BCUT2D eigenvalue weighted by Gasteiger charge is 2.81. The first kappa shape index (κ1) is 25.7. The van der Waals surface area contributed by atoms with Gasteiger partial charge in [-0.25, -0.2) is 0 Å². The number of hydrogen-bond acceptors (Lipinski definition) is 7. The molecular weight excluding hydrogens is 486 g/mol. The molecule has 8 heteroatoms. The van der Waals surface area contributed by atoms with Crippen molar-refractivity contribution >= 4 is 17.7 Å². The van der Waals surface area contributed by atoms with Crippen LogP contribution >= 0.6 is 0 Å². The molecule has 5 aliphatic rings. The highest BCUT2D eigenvalue weighted by molar-refractivity contribution is 5.91. The van der Waals surface area contributed by atoms with E-state index in [1.807, 2.05) is 42.5 Å². The fourth-order valence-corrected chi connectivity index (χ4v) is 8.06. The van der Waals surface area contributed by atoms with Crippen LogP contribution in [-0.2, 0) is 35.0 Å². The van der Waals surface area contributed by atoms with Crippen LogP contribution in [0.15, 0.2) is 42.5 Å². The second-order valence-corrected chi connectivity index (χ2v) is 12.4. The molecule has 1 unspecified atom stereocenters. The Morgan fingerprint density at radius 3 is 2.55 bits per heavy atom. The van der Waals surface area contributed by atoms with Gasteiger partial charge in [0.2, 0.25) is 5.91 Å². The number of nitrogens with one attached hydrogen (secondary N) is 1. The van der Waals surface area contributed by atoms with Crippen LogP contribution in [0.25, 0.3) is 0 Å². The zero-order chi connectivity index (χ0) is 27.2. The summed E-state index contributed by atoms with van der Waals surface area (Å²) in [5.41, 5.74) is -2.29. The standard InChI is InChI=1S/C30H37NO7/c1-15-10-9-13-19-24-29(5,38-24)16(2)21-20(14-18-11-7-6-8-12-18)31-27(34)30(19,21)26(36-17(3)32)22-25(37-22)28(4,35)23(15)33/h6-9,11-13,15-16,19-22,24-26,35H,10,14H2,1-5H3,(H,31,34)/b13-9+/t15-,16+,19-,20-,21?,22+,24-,25+,26+,28-,29+,30-/m0/s1. The molecule has 1 aromatic rings. The summed E-state index contributed by atoms with van der Waals surface area (Å²) in [4.78, 5) is 40.2. The summed E-state index contributed by atoms with van der Waals surface area (Å²) in [5, 5.41) is 14.6. The number of hydrogen-bond donors (Lipinski definition) is 2. The smallest absolute Gasteiger partial charge is 0.303 e. The van der Waals surface area contributed by atoms with Crippen LogP contribution in [0.5, 0.6) is 0 Å². The van der Waals surface area contributed by atoms with Gasteiger partial charge in [0.05, 0.1) is 11.7 Å². The summed E-state index contributed by atoms with van der Waals surface area (Å²) < 4.78 is 18.4. The average molecular weight is 524 g/mol. The largest absolute Gasteiger partial charge is 0.458 e. The normalized spacial score (nSPS) is 49.8. The summed E-state index contributed by atoms with van der Waals surface area (Å²) in [5.74, 6) is -2.18. The Bertz CT molecular complexity index is 1200. The predicted molar refractivity (Wildman–Crippen MR) is 137 cm³/mol. The van der Waals surface area contributed by atoms with Gasteiger partial charge in [0, 0.05) is 30.7 Å². The first-order chi connectivity index (χ1) is 17.9. The Hall–Kier alpha value is -2.55. The summed E-state index contributed by atoms with van der Waals surface area (Å²) in [6.07, 6.45) is 2.06. The van der Waals surface area contributed by atoms with Gasteiger partial charge < -0.3 is 24.6 Å². The van der Waals surface area contributed by atoms with E-state index in [1.54, 1.807) is 6.92 Å². The number of amides is 1. The van der Waals surface area contributed by atoms with Gasteiger partial charge in [-0.1, -0.05) is 56.3 Å². The summed E-state index contributed by atoms with van der Waals surface area (Å²) in [7, 11) is 0. The van der Waals surface area contributed by atoms with E-state index in [9.17, 15) is 19.5 Å². The number of epoxide rings is 2. The lowest BCUT2D eigenvalue weighted by atomic mass is 9.50. The minimum Gasteiger partial charge on any atom is -0.458 e. The molecule has 8 nitrogen and oxygen atoms in total. The number of ketones is 1. The Balaban J connectivity index is 1.52. The molecule has 3 saturated heterocycles. The first-order valence-electron chi connectivity index (χ1n) is 13.7. The van der Waals surface area contributed by atoms with E-state index >= 15 is 0 Å². The molecular formula is C30H37NO7. The van der Waals surface area contributed by atoms with Crippen molar-refractivity contribution < 1.29 is 33.7 Å². The van der Waals surface area contributed by atoms with Crippen molar-refractivity contribution in [3.05, 3.63) is 48.0 Å².